The molecule has 0 aliphatic heterocycles. The van der Waals surface area contributed by atoms with Gasteiger partial charge in [-0.15, -0.1) is 0 Å². The molecule has 1 nitrogen and oxygen atoms in total. The van der Waals surface area contributed by atoms with Crippen molar-refractivity contribution < 1.29 is 0 Å². The Bertz CT molecular complexity index is 99.1. The maximum atomic E-state index is 7.98. The molecular formula is C5H8NS+. The molecule has 0 aromatic heterocycles. The molecule has 0 rings (SSSR count). The Morgan fingerprint density at radius 3 is 2.29 bits per heavy atom. The minimum atomic E-state index is 0.281. The Labute approximate surface area is 47.0 Å². The second kappa shape index (κ2) is 3.76. The highest BCUT2D eigenvalue weighted by atomic mass is 32.2. The molecule has 0 unspecified atom stereocenters. The summed E-state index contributed by atoms with van der Waals surface area (Å²) < 4.78 is 0. The highest BCUT2D eigenvalue weighted by Crippen LogP contribution is 1.83. The molecule has 0 aliphatic carbocycles. The van der Waals surface area contributed by atoms with E-state index in [9.17, 15) is 0 Å². The van der Waals surface area contributed by atoms with Crippen molar-refractivity contribution >= 4 is 10.9 Å². The van der Waals surface area contributed by atoms with Crippen molar-refractivity contribution in [3.63, 3.8) is 0 Å². The van der Waals surface area contributed by atoms with E-state index in [0.29, 0.717) is 0 Å². The van der Waals surface area contributed by atoms with E-state index < -0.39 is 0 Å². The van der Waals surface area contributed by atoms with Crippen molar-refractivity contribution in [3.8, 4) is 6.07 Å². The molecule has 0 saturated heterocycles. The van der Waals surface area contributed by atoms with Crippen molar-refractivity contribution in [2.75, 3.05) is 12.5 Å². The largest absolute Gasteiger partial charge is 0.193 e. The monoisotopic (exact) mass is 114 g/mol. The van der Waals surface area contributed by atoms with Crippen LogP contribution in [0.5, 0.6) is 0 Å². The zero-order valence-electron chi connectivity index (χ0n) is 4.51. The zero-order valence-corrected chi connectivity index (χ0v) is 5.33. The lowest BCUT2D eigenvalue weighted by molar-refractivity contribution is 1.54. The van der Waals surface area contributed by atoms with Gasteiger partial charge in [0.05, 0.1) is 12.1 Å². The van der Waals surface area contributed by atoms with E-state index in [0.717, 1.165) is 0 Å². The first-order valence-electron chi connectivity index (χ1n) is 1.90. The Kier molecular flexibility index (Phi) is 3.53. The van der Waals surface area contributed by atoms with Crippen LogP contribution in [0.25, 0.3) is 0 Å². The number of hydrogen-bond donors (Lipinski definition) is 0. The van der Waals surface area contributed by atoms with Crippen molar-refractivity contribution in [1.29, 1.82) is 5.26 Å². The molecule has 38 valence electrons. The molecule has 7 heavy (non-hydrogen) atoms. The van der Waals surface area contributed by atoms with Crippen LogP contribution in [0.1, 0.15) is 0 Å². The molecule has 0 bridgehead atoms. The number of allylic oxidation sites excluding steroid dienone is 1. The van der Waals surface area contributed by atoms with Gasteiger partial charge in [-0.3, -0.25) is 0 Å². The molecule has 2 heteroatoms. The lowest BCUT2D eigenvalue weighted by atomic mass is 10.7. The van der Waals surface area contributed by atoms with Crippen LogP contribution >= 0.6 is 0 Å². The van der Waals surface area contributed by atoms with Gasteiger partial charge in [0, 0.05) is 10.9 Å². The molecule has 0 aliphatic rings. The first kappa shape index (κ1) is 6.58. The maximum Gasteiger partial charge on any atom is 0.129 e. The van der Waals surface area contributed by atoms with Gasteiger partial charge in [0.2, 0.25) is 0 Å². The molecule has 0 radical (unpaired) electrons. The molecular weight excluding hydrogens is 106 g/mol. The fourth-order valence-corrected chi connectivity index (χ4v) is 0.500. The van der Waals surface area contributed by atoms with Gasteiger partial charge in [-0.2, -0.15) is 5.26 Å². The van der Waals surface area contributed by atoms with E-state index in [4.69, 9.17) is 5.26 Å². The van der Waals surface area contributed by atoms with E-state index in [-0.39, 0.29) is 10.9 Å². The zero-order chi connectivity index (χ0) is 5.70. The second-order valence-electron chi connectivity index (χ2n) is 1.31. The summed E-state index contributed by atoms with van der Waals surface area (Å²) in [6.07, 6.45) is 5.64. The van der Waals surface area contributed by atoms with Crippen molar-refractivity contribution in [3.05, 3.63) is 11.5 Å². The molecule has 0 heterocycles. The van der Waals surface area contributed by atoms with Crippen LogP contribution in [0.15, 0.2) is 11.5 Å². The summed E-state index contributed by atoms with van der Waals surface area (Å²) in [6.45, 7) is 0. The number of hydrogen-bond acceptors (Lipinski definition) is 1. The predicted molar refractivity (Wildman–Crippen MR) is 34.0 cm³/mol. The third kappa shape index (κ3) is 5.58. The summed E-state index contributed by atoms with van der Waals surface area (Å²) >= 11 is 0. The van der Waals surface area contributed by atoms with E-state index in [1.807, 2.05) is 11.5 Å². The molecule has 0 saturated carbocycles. The van der Waals surface area contributed by atoms with Gasteiger partial charge in [-0.25, -0.2) is 0 Å². The van der Waals surface area contributed by atoms with Crippen LogP contribution in [0.4, 0.5) is 0 Å². The molecule has 0 N–H and O–H groups in total. The first-order valence-corrected chi connectivity index (χ1v) is 4.00. The van der Waals surface area contributed by atoms with Crippen molar-refractivity contribution in [2.45, 2.75) is 0 Å². The molecule has 0 fully saturated rings. The van der Waals surface area contributed by atoms with Gasteiger partial charge in [0.1, 0.15) is 17.9 Å². The van der Waals surface area contributed by atoms with E-state index in [2.05, 4.69) is 12.5 Å². The summed E-state index contributed by atoms with van der Waals surface area (Å²) in [5, 5.41) is 9.87. The van der Waals surface area contributed by atoms with E-state index in [1.165, 1.54) is 6.08 Å². The maximum absolute atomic E-state index is 7.98. The Morgan fingerprint density at radius 1 is 1.57 bits per heavy atom. The number of nitrogens with zero attached hydrogens (tertiary/aromatic N) is 1. The Morgan fingerprint density at radius 2 is 2.14 bits per heavy atom. The van der Waals surface area contributed by atoms with Crippen LogP contribution in [0.2, 0.25) is 0 Å². The lowest BCUT2D eigenvalue weighted by Crippen LogP contribution is -1.84. The minimum absolute atomic E-state index is 0.281. The first-order chi connectivity index (χ1) is 3.27. The average molecular weight is 114 g/mol. The fraction of sp³-hybridized carbons (Fsp3) is 0.400. The van der Waals surface area contributed by atoms with Gasteiger partial charge in [0.15, 0.2) is 0 Å². The average Bonchev–Trinajstić information content (AvgIpc) is 1.61. The predicted octanol–water partition coefficient (Wildman–Crippen LogP) is 0.902. The minimum Gasteiger partial charge on any atom is -0.193 e. The third-order valence-corrected chi connectivity index (χ3v) is 1.10. The summed E-state index contributed by atoms with van der Waals surface area (Å²) in [6, 6.07) is 1.93. The number of nitriles is 1. The van der Waals surface area contributed by atoms with Crippen molar-refractivity contribution in [1.82, 2.24) is 0 Å². The third-order valence-electron chi connectivity index (χ3n) is 0.415. The summed E-state index contributed by atoms with van der Waals surface area (Å²) in [7, 11) is 0.281. The smallest absolute Gasteiger partial charge is 0.129 e. The highest BCUT2D eigenvalue weighted by Gasteiger charge is 1.88. The van der Waals surface area contributed by atoms with Crippen LogP contribution < -0.4 is 0 Å². The van der Waals surface area contributed by atoms with Crippen LogP contribution in [-0.2, 0) is 10.9 Å². The van der Waals surface area contributed by atoms with E-state index >= 15 is 0 Å². The highest BCUT2D eigenvalue weighted by molar-refractivity contribution is 7.98. The Balaban J connectivity index is 3.31. The van der Waals surface area contributed by atoms with Gasteiger partial charge >= 0.3 is 0 Å². The normalized spacial score (nSPS) is 10.0. The molecule has 0 spiro atoms. The molecule has 0 atom stereocenters. The summed E-state index contributed by atoms with van der Waals surface area (Å²) in [5.74, 6) is 0. The number of rotatable bonds is 1. The van der Waals surface area contributed by atoms with Gasteiger partial charge in [-0.05, 0) is 0 Å². The Hall–Kier alpha value is -0.420. The lowest BCUT2D eigenvalue weighted by Gasteiger charge is -1.75. The quantitative estimate of drug-likeness (QED) is 0.367. The molecule has 0 amide bonds. The van der Waals surface area contributed by atoms with Gasteiger partial charge in [-0.1, -0.05) is 0 Å². The molecule has 0 aromatic carbocycles. The second-order valence-corrected chi connectivity index (χ2v) is 3.34. The van der Waals surface area contributed by atoms with Crippen LogP contribution in [0, 0.1) is 11.3 Å². The topological polar surface area (TPSA) is 23.8 Å². The SMILES string of the molecule is C[S+](C)C=CC#N. The standard InChI is InChI=1S/C5H8NS/c1-7(2)5-3-4-6/h3,5H,1-2H3/q+1. The van der Waals surface area contributed by atoms with Crippen LogP contribution in [-0.4, -0.2) is 12.5 Å². The summed E-state index contributed by atoms with van der Waals surface area (Å²) in [5.41, 5.74) is 0. The molecule has 0 aromatic rings. The van der Waals surface area contributed by atoms with Crippen LogP contribution in [0.3, 0.4) is 0 Å². The van der Waals surface area contributed by atoms with Gasteiger partial charge < -0.3 is 0 Å². The van der Waals surface area contributed by atoms with Crippen molar-refractivity contribution in [2.24, 2.45) is 0 Å². The van der Waals surface area contributed by atoms with E-state index in [1.54, 1.807) is 0 Å². The summed E-state index contributed by atoms with van der Waals surface area (Å²) in [4.78, 5) is 0. The van der Waals surface area contributed by atoms with Gasteiger partial charge in [0.25, 0.3) is 0 Å². The fourth-order valence-electron chi connectivity index (χ4n) is 0.167.